The fourth-order valence-corrected chi connectivity index (χ4v) is 4.75. The van der Waals surface area contributed by atoms with Crippen molar-refractivity contribution in [2.45, 2.75) is 17.4 Å². The Morgan fingerprint density at radius 2 is 2.28 bits per heavy atom. The Morgan fingerprint density at radius 1 is 1.44 bits per heavy atom. The number of benzene rings is 1. The van der Waals surface area contributed by atoms with Gasteiger partial charge in [-0.15, -0.1) is 11.8 Å². The van der Waals surface area contributed by atoms with Crippen LogP contribution in [0.5, 0.6) is 0 Å². The molecule has 1 unspecified atom stereocenters. The summed E-state index contributed by atoms with van der Waals surface area (Å²) < 4.78 is 22.5. The number of rotatable bonds is 5. The summed E-state index contributed by atoms with van der Waals surface area (Å²) in [5, 5.41) is 4.03. The first kappa shape index (κ1) is 14.2. The van der Waals surface area contributed by atoms with Crippen LogP contribution in [0.2, 0.25) is 5.02 Å². The predicted octanol–water partition coefficient (Wildman–Crippen LogP) is 2.21. The van der Waals surface area contributed by atoms with Crippen molar-refractivity contribution in [3.8, 4) is 0 Å². The number of hydrogen-bond donors (Lipinski definition) is 1. The summed E-state index contributed by atoms with van der Waals surface area (Å²) in [5.41, 5.74) is 0. The van der Waals surface area contributed by atoms with Gasteiger partial charge in [0.05, 0.1) is 11.5 Å². The monoisotopic (exact) mass is 305 g/mol. The highest BCUT2D eigenvalue weighted by atomic mass is 35.5. The van der Waals surface area contributed by atoms with Crippen molar-refractivity contribution in [1.82, 2.24) is 5.32 Å². The zero-order chi connectivity index (χ0) is 13.0. The maximum absolute atomic E-state index is 11.3. The zero-order valence-electron chi connectivity index (χ0n) is 9.93. The highest BCUT2D eigenvalue weighted by Gasteiger charge is 2.26. The van der Waals surface area contributed by atoms with Crippen LogP contribution in [0, 0.1) is 0 Å². The molecule has 1 fully saturated rings. The first-order valence-corrected chi connectivity index (χ1v) is 9.06. The quantitative estimate of drug-likeness (QED) is 0.669. The van der Waals surface area contributed by atoms with Gasteiger partial charge in [-0.2, -0.15) is 0 Å². The summed E-state index contributed by atoms with van der Waals surface area (Å²) in [6.45, 7) is 0.817. The maximum atomic E-state index is 11.3. The molecule has 1 N–H and O–H groups in total. The van der Waals surface area contributed by atoms with E-state index in [2.05, 4.69) is 5.32 Å². The molecule has 0 amide bonds. The van der Waals surface area contributed by atoms with Crippen molar-refractivity contribution < 1.29 is 8.42 Å². The third-order valence-corrected chi connectivity index (χ3v) is 5.83. The highest BCUT2D eigenvalue weighted by molar-refractivity contribution is 7.99. The van der Waals surface area contributed by atoms with Gasteiger partial charge < -0.3 is 5.32 Å². The molecule has 0 saturated carbocycles. The molecule has 3 nitrogen and oxygen atoms in total. The van der Waals surface area contributed by atoms with Gasteiger partial charge in [0.2, 0.25) is 0 Å². The van der Waals surface area contributed by atoms with E-state index < -0.39 is 9.84 Å². The summed E-state index contributed by atoms with van der Waals surface area (Å²) in [7, 11) is -2.78. The number of thioether (sulfide) groups is 1. The molecule has 1 aromatic carbocycles. The Morgan fingerprint density at radius 3 is 2.94 bits per heavy atom. The first-order valence-electron chi connectivity index (χ1n) is 5.87. The van der Waals surface area contributed by atoms with Gasteiger partial charge in [-0.1, -0.05) is 17.7 Å². The molecule has 6 heteroatoms. The number of hydrogen-bond acceptors (Lipinski definition) is 4. The lowest BCUT2D eigenvalue weighted by Gasteiger charge is -2.10. The van der Waals surface area contributed by atoms with Crippen LogP contribution < -0.4 is 5.32 Å². The Kier molecular flexibility index (Phi) is 4.95. The fraction of sp³-hybridized carbons (Fsp3) is 0.500. The van der Waals surface area contributed by atoms with Gasteiger partial charge in [0.1, 0.15) is 0 Å². The summed E-state index contributed by atoms with van der Waals surface area (Å²) in [6.07, 6.45) is 0.740. The molecule has 1 heterocycles. The molecule has 0 aromatic heterocycles. The zero-order valence-corrected chi connectivity index (χ0v) is 12.3. The van der Waals surface area contributed by atoms with Crippen LogP contribution in [-0.4, -0.2) is 38.3 Å². The number of halogens is 1. The van der Waals surface area contributed by atoms with E-state index in [0.29, 0.717) is 5.75 Å². The third kappa shape index (κ3) is 4.46. The standard InChI is InChI=1S/C12H16ClNO2S2/c13-10-2-1-3-12(8-10)17-6-5-14-11-4-7-18(15,16)9-11/h1-3,8,11,14H,4-7,9H2. The molecular formula is C12H16ClNO2S2. The molecule has 1 atom stereocenters. The lowest BCUT2D eigenvalue weighted by atomic mass is 10.3. The molecule has 1 aromatic rings. The second-order valence-electron chi connectivity index (χ2n) is 4.36. The van der Waals surface area contributed by atoms with Crippen LogP contribution in [-0.2, 0) is 9.84 Å². The normalized spacial score (nSPS) is 22.2. The summed E-state index contributed by atoms with van der Waals surface area (Å²) in [6, 6.07) is 7.88. The van der Waals surface area contributed by atoms with Gasteiger partial charge in [-0.05, 0) is 24.6 Å². The fourth-order valence-electron chi connectivity index (χ4n) is 1.94. The molecule has 2 rings (SSSR count). The van der Waals surface area contributed by atoms with E-state index >= 15 is 0 Å². The van der Waals surface area contributed by atoms with Gasteiger partial charge in [0, 0.05) is 28.3 Å². The van der Waals surface area contributed by atoms with Crippen LogP contribution in [0.1, 0.15) is 6.42 Å². The predicted molar refractivity (Wildman–Crippen MR) is 77.2 cm³/mol. The van der Waals surface area contributed by atoms with E-state index in [9.17, 15) is 8.42 Å². The minimum absolute atomic E-state index is 0.134. The van der Waals surface area contributed by atoms with E-state index in [1.807, 2.05) is 24.3 Å². The Hall–Kier alpha value is -0.230. The molecule has 18 heavy (non-hydrogen) atoms. The van der Waals surface area contributed by atoms with E-state index in [1.165, 1.54) is 0 Å². The van der Waals surface area contributed by atoms with Crippen LogP contribution in [0.25, 0.3) is 0 Å². The molecule has 0 radical (unpaired) electrons. The highest BCUT2D eigenvalue weighted by Crippen LogP contribution is 2.21. The van der Waals surface area contributed by atoms with Gasteiger partial charge in [0.25, 0.3) is 0 Å². The van der Waals surface area contributed by atoms with Crippen molar-refractivity contribution in [1.29, 1.82) is 0 Å². The first-order chi connectivity index (χ1) is 8.55. The van der Waals surface area contributed by atoms with Gasteiger partial charge >= 0.3 is 0 Å². The summed E-state index contributed by atoms with van der Waals surface area (Å²) in [5.74, 6) is 1.53. The molecule has 100 valence electrons. The van der Waals surface area contributed by atoms with E-state index in [4.69, 9.17) is 11.6 Å². The minimum Gasteiger partial charge on any atom is -0.312 e. The summed E-state index contributed by atoms with van der Waals surface area (Å²) in [4.78, 5) is 1.14. The molecule has 0 spiro atoms. The van der Waals surface area contributed by atoms with Crippen molar-refractivity contribution in [3.05, 3.63) is 29.3 Å². The molecule has 1 aliphatic rings. The molecule has 0 bridgehead atoms. The Balaban J connectivity index is 1.68. The second kappa shape index (κ2) is 6.28. The SMILES string of the molecule is O=S1(=O)CCC(NCCSc2cccc(Cl)c2)C1. The van der Waals surface area contributed by atoms with Crippen LogP contribution >= 0.6 is 23.4 Å². The average molecular weight is 306 g/mol. The number of nitrogens with one attached hydrogen (secondary N) is 1. The maximum Gasteiger partial charge on any atom is 0.151 e. The third-order valence-electron chi connectivity index (χ3n) is 2.83. The largest absolute Gasteiger partial charge is 0.312 e. The van der Waals surface area contributed by atoms with E-state index in [1.54, 1.807) is 11.8 Å². The van der Waals surface area contributed by atoms with E-state index in [0.717, 1.165) is 28.6 Å². The van der Waals surface area contributed by atoms with Crippen LogP contribution in [0.3, 0.4) is 0 Å². The van der Waals surface area contributed by atoms with Crippen molar-refractivity contribution in [2.24, 2.45) is 0 Å². The lowest BCUT2D eigenvalue weighted by Crippen LogP contribution is -2.31. The van der Waals surface area contributed by atoms with Crippen LogP contribution in [0.4, 0.5) is 0 Å². The Labute approximate surface area is 117 Å². The van der Waals surface area contributed by atoms with Crippen molar-refractivity contribution in [3.63, 3.8) is 0 Å². The van der Waals surface area contributed by atoms with Gasteiger partial charge in [-0.25, -0.2) is 8.42 Å². The minimum atomic E-state index is -2.78. The number of sulfone groups is 1. The average Bonchev–Trinajstić information content (AvgIpc) is 2.65. The molecule has 1 aliphatic heterocycles. The van der Waals surface area contributed by atoms with Crippen molar-refractivity contribution in [2.75, 3.05) is 23.8 Å². The Bertz CT molecular complexity index is 505. The van der Waals surface area contributed by atoms with Gasteiger partial charge in [-0.3, -0.25) is 0 Å². The molecule has 0 aliphatic carbocycles. The molecule has 1 saturated heterocycles. The van der Waals surface area contributed by atoms with Crippen LogP contribution in [0.15, 0.2) is 29.2 Å². The lowest BCUT2D eigenvalue weighted by molar-refractivity contribution is 0.575. The van der Waals surface area contributed by atoms with Gasteiger partial charge in [0.15, 0.2) is 9.84 Å². The molecular weight excluding hydrogens is 290 g/mol. The smallest absolute Gasteiger partial charge is 0.151 e. The summed E-state index contributed by atoms with van der Waals surface area (Å²) >= 11 is 7.62. The second-order valence-corrected chi connectivity index (χ2v) is 8.19. The van der Waals surface area contributed by atoms with E-state index in [-0.39, 0.29) is 11.8 Å². The van der Waals surface area contributed by atoms with Crippen molar-refractivity contribution >= 4 is 33.2 Å². The topological polar surface area (TPSA) is 46.2 Å².